The second kappa shape index (κ2) is 8.11. The maximum absolute atomic E-state index is 12.3. The molecule has 1 amide bonds. The van der Waals surface area contributed by atoms with Crippen molar-refractivity contribution in [3.63, 3.8) is 0 Å². The quantitative estimate of drug-likeness (QED) is 0.701. The van der Waals surface area contributed by atoms with Gasteiger partial charge < -0.3 is 19.9 Å². The molecule has 0 aliphatic heterocycles. The van der Waals surface area contributed by atoms with Gasteiger partial charge in [0.25, 0.3) is 5.91 Å². The Hall–Kier alpha value is -2.87. The lowest BCUT2D eigenvalue weighted by Crippen LogP contribution is -2.38. The van der Waals surface area contributed by atoms with E-state index in [0.717, 1.165) is 5.69 Å². The van der Waals surface area contributed by atoms with Crippen molar-refractivity contribution < 1.29 is 24.2 Å². The third-order valence-corrected chi connectivity index (χ3v) is 3.18. The first kappa shape index (κ1) is 17.5. The number of hydrogen-bond donors (Lipinski definition) is 2. The highest BCUT2D eigenvalue weighted by atomic mass is 16.5. The summed E-state index contributed by atoms with van der Waals surface area (Å²) in [5.41, 5.74) is 0.766. The Kier molecular flexibility index (Phi) is 5.91. The van der Waals surface area contributed by atoms with Gasteiger partial charge in [0, 0.05) is 7.11 Å². The lowest BCUT2D eigenvalue weighted by molar-refractivity contribution is -0.138. The number of aliphatic carboxylic acids is 1. The predicted molar refractivity (Wildman–Crippen MR) is 85.5 cm³/mol. The Labute approximate surface area is 139 Å². The van der Waals surface area contributed by atoms with E-state index in [1.807, 2.05) is 30.3 Å². The number of nitrogens with zero attached hydrogens (tertiary/aromatic N) is 2. The predicted octanol–water partition coefficient (Wildman–Crippen LogP) is 1.10. The number of carboxylic acid groups (broad SMARTS) is 1. The molecule has 8 heteroatoms. The Morgan fingerprint density at radius 3 is 2.62 bits per heavy atom. The van der Waals surface area contributed by atoms with Crippen LogP contribution >= 0.6 is 0 Å². The lowest BCUT2D eigenvalue weighted by atomic mass is 10.3. The molecular formula is C16H19N3O5. The zero-order chi connectivity index (χ0) is 17.5. The van der Waals surface area contributed by atoms with E-state index >= 15 is 0 Å². The standard InChI is InChI=1S/C16H19N3O5/c1-11(16(21)22)17-15(20)14-13(24-9-8-23-2)10-19(18-14)12-6-4-3-5-7-12/h3-7,10-11H,8-9H2,1-2H3,(H,17,20)(H,21,22). The van der Waals surface area contributed by atoms with Crippen molar-refractivity contribution in [1.29, 1.82) is 0 Å². The van der Waals surface area contributed by atoms with Gasteiger partial charge in [-0.3, -0.25) is 9.59 Å². The molecule has 0 spiro atoms. The number of hydrogen-bond acceptors (Lipinski definition) is 5. The van der Waals surface area contributed by atoms with Gasteiger partial charge in [-0.2, -0.15) is 5.10 Å². The topological polar surface area (TPSA) is 103 Å². The van der Waals surface area contributed by atoms with Crippen molar-refractivity contribution in [3.8, 4) is 11.4 Å². The van der Waals surface area contributed by atoms with Crippen LogP contribution in [0.1, 0.15) is 17.4 Å². The number of rotatable bonds is 8. The third kappa shape index (κ3) is 4.32. The Balaban J connectivity index is 2.27. The van der Waals surface area contributed by atoms with Crippen LogP contribution in [0.15, 0.2) is 36.5 Å². The van der Waals surface area contributed by atoms with E-state index in [2.05, 4.69) is 10.4 Å². The van der Waals surface area contributed by atoms with Crippen LogP contribution in [0.3, 0.4) is 0 Å². The molecule has 0 aliphatic carbocycles. The van der Waals surface area contributed by atoms with Crippen molar-refractivity contribution in [2.75, 3.05) is 20.3 Å². The average Bonchev–Trinajstić information content (AvgIpc) is 3.00. The number of carboxylic acids is 1. The SMILES string of the molecule is COCCOc1cn(-c2ccccc2)nc1C(=O)NC(C)C(=O)O. The molecule has 0 fully saturated rings. The van der Waals surface area contributed by atoms with Gasteiger partial charge in [-0.05, 0) is 19.1 Å². The Bertz CT molecular complexity index is 699. The van der Waals surface area contributed by atoms with E-state index in [0.29, 0.717) is 6.61 Å². The zero-order valence-electron chi connectivity index (χ0n) is 13.4. The Morgan fingerprint density at radius 2 is 2.00 bits per heavy atom. The minimum Gasteiger partial charge on any atom is -0.487 e. The van der Waals surface area contributed by atoms with Crippen LogP contribution in [-0.4, -0.2) is 53.1 Å². The van der Waals surface area contributed by atoms with Crippen LogP contribution in [0, 0.1) is 0 Å². The van der Waals surface area contributed by atoms with E-state index in [1.165, 1.54) is 11.6 Å². The largest absolute Gasteiger partial charge is 0.487 e. The molecule has 1 atom stereocenters. The summed E-state index contributed by atoms with van der Waals surface area (Å²) in [5.74, 6) is -1.49. The number of para-hydroxylation sites is 1. The second-order valence-electron chi connectivity index (χ2n) is 5.00. The molecule has 128 valence electrons. The van der Waals surface area contributed by atoms with Crippen LogP contribution in [0.2, 0.25) is 0 Å². The first-order valence-electron chi connectivity index (χ1n) is 7.33. The fourth-order valence-electron chi connectivity index (χ4n) is 1.90. The van der Waals surface area contributed by atoms with E-state index in [4.69, 9.17) is 14.6 Å². The molecule has 0 radical (unpaired) electrons. The summed E-state index contributed by atoms with van der Waals surface area (Å²) in [6, 6.07) is 8.17. The van der Waals surface area contributed by atoms with E-state index in [-0.39, 0.29) is 18.1 Å². The number of methoxy groups -OCH3 is 1. The first-order valence-corrected chi connectivity index (χ1v) is 7.33. The van der Waals surface area contributed by atoms with Gasteiger partial charge in [0.15, 0.2) is 11.4 Å². The molecule has 2 rings (SSSR count). The number of ether oxygens (including phenoxy) is 2. The minimum absolute atomic E-state index is 0.0167. The van der Waals surface area contributed by atoms with Crippen molar-refractivity contribution in [2.45, 2.75) is 13.0 Å². The molecule has 0 saturated carbocycles. The minimum atomic E-state index is -1.13. The second-order valence-corrected chi connectivity index (χ2v) is 5.00. The molecule has 1 heterocycles. The van der Waals surface area contributed by atoms with Crippen molar-refractivity contribution >= 4 is 11.9 Å². The highest BCUT2D eigenvalue weighted by Gasteiger charge is 2.22. The maximum Gasteiger partial charge on any atom is 0.325 e. The zero-order valence-corrected chi connectivity index (χ0v) is 13.4. The molecule has 1 unspecified atom stereocenters. The van der Waals surface area contributed by atoms with E-state index in [1.54, 1.807) is 13.3 Å². The van der Waals surface area contributed by atoms with Crippen LogP contribution in [0.5, 0.6) is 5.75 Å². The molecule has 1 aromatic heterocycles. The van der Waals surface area contributed by atoms with Crippen LogP contribution in [-0.2, 0) is 9.53 Å². The lowest BCUT2D eigenvalue weighted by Gasteiger charge is -2.09. The monoisotopic (exact) mass is 333 g/mol. The van der Waals surface area contributed by atoms with E-state index < -0.39 is 17.9 Å². The third-order valence-electron chi connectivity index (χ3n) is 3.18. The van der Waals surface area contributed by atoms with Gasteiger partial charge in [0.2, 0.25) is 0 Å². The molecule has 2 N–H and O–H groups in total. The van der Waals surface area contributed by atoms with Crippen molar-refractivity contribution in [2.24, 2.45) is 0 Å². The van der Waals surface area contributed by atoms with Crippen LogP contribution in [0.4, 0.5) is 0 Å². The molecule has 1 aromatic carbocycles. The normalized spacial score (nSPS) is 11.8. The van der Waals surface area contributed by atoms with Crippen LogP contribution in [0.25, 0.3) is 5.69 Å². The van der Waals surface area contributed by atoms with Gasteiger partial charge in [-0.15, -0.1) is 0 Å². The number of benzene rings is 1. The number of amides is 1. The summed E-state index contributed by atoms with van der Waals surface area (Å²) in [6.07, 6.45) is 1.57. The molecule has 24 heavy (non-hydrogen) atoms. The number of carbonyl (C=O) groups excluding carboxylic acids is 1. The summed E-state index contributed by atoms with van der Waals surface area (Å²) in [7, 11) is 1.54. The van der Waals surface area contributed by atoms with Gasteiger partial charge in [0.1, 0.15) is 12.6 Å². The molecular weight excluding hydrogens is 314 g/mol. The summed E-state index contributed by atoms with van der Waals surface area (Å²) >= 11 is 0. The number of aromatic nitrogens is 2. The van der Waals surface area contributed by atoms with E-state index in [9.17, 15) is 9.59 Å². The molecule has 0 bridgehead atoms. The van der Waals surface area contributed by atoms with Gasteiger partial charge in [0.05, 0.1) is 18.5 Å². The number of nitrogens with one attached hydrogen (secondary N) is 1. The first-order chi connectivity index (χ1) is 11.5. The van der Waals surface area contributed by atoms with Crippen molar-refractivity contribution in [1.82, 2.24) is 15.1 Å². The smallest absolute Gasteiger partial charge is 0.325 e. The van der Waals surface area contributed by atoms with Crippen LogP contribution < -0.4 is 10.1 Å². The fourth-order valence-corrected chi connectivity index (χ4v) is 1.90. The maximum atomic E-state index is 12.3. The van der Waals surface area contributed by atoms with Crippen molar-refractivity contribution in [3.05, 3.63) is 42.2 Å². The Morgan fingerprint density at radius 1 is 1.29 bits per heavy atom. The fraction of sp³-hybridized carbons (Fsp3) is 0.312. The summed E-state index contributed by atoms with van der Waals surface area (Å²) in [4.78, 5) is 23.2. The molecule has 0 saturated heterocycles. The summed E-state index contributed by atoms with van der Waals surface area (Å²) in [5, 5.41) is 15.5. The number of carbonyl (C=O) groups is 2. The molecule has 2 aromatic rings. The highest BCUT2D eigenvalue weighted by Crippen LogP contribution is 2.20. The highest BCUT2D eigenvalue weighted by molar-refractivity contribution is 5.97. The van der Waals surface area contributed by atoms with Gasteiger partial charge in [-0.1, -0.05) is 18.2 Å². The average molecular weight is 333 g/mol. The summed E-state index contributed by atoms with van der Waals surface area (Å²) in [6.45, 7) is 1.97. The van der Waals surface area contributed by atoms with Gasteiger partial charge >= 0.3 is 5.97 Å². The van der Waals surface area contributed by atoms with Gasteiger partial charge in [-0.25, -0.2) is 4.68 Å². The summed E-state index contributed by atoms with van der Waals surface area (Å²) < 4.78 is 11.9. The molecule has 8 nitrogen and oxygen atoms in total. The molecule has 0 aliphatic rings.